The first-order chi connectivity index (χ1) is 9.62. The van der Waals surface area contributed by atoms with Gasteiger partial charge in [0.2, 0.25) is 0 Å². The van der Waals surface area contributed by atoms with Crippen LogP contribution in [-0.4, -0.2) is 37.4 Å². The standard InChI is InChI=1S/C14H22FN3O2/c1-3-18(4-2)13-6-5-11(9-12(13)15)10-17-14(20)16-7-8-19/h5-6,9,19H,3-4,7-8,10H2,1-2H3,(H2,16,17,20). The number of rotatable bonds is 7. The van der Waals surface area contributed by atoms with E-state index in [1.54, 1.807) is 12.1 Å². The number of urea groups is 1. The first-order valence-corrected chi connectivity index (χ1v) is 6.78. The fourth-order valence-electron chi connectivity index (χ4n) is 1.90. The predicted octanol–water partition coefficient (Wildman–Crippen LogP) is 1.46. The van der Waals surface area contributed by atoms with Crippen LogP contribution < -0.4 is 15.5 Å². The Balaban J connectivity index is 2.61. The summed E-state index contributed by atoms with van der Waals surface area (Å²) in [4.78, 5) is 13.2. The summed E-state index contributed by atoms with van der Waals surface area (Å²) in [5.41, 5.74) is 1.26. The van der Waals surface area contributed by atoms with Gasteiger partial charge >= 0.3 is 6.03 Å². The van der Waals surface area contributed by atoms with E-state index in [2.05, 4.69) is 10.6 Å². The minimum atomic E-state index is -0.382. The molecule has 112 valence electrons. The SMILES string of the molecule is CCN(CC)c1ccc(CNC(=O)NCCO)cc1F. The van der Waals surface area contributed by atoms with Crippen molar-refractivity contribution in [1.82, 2.24) is 10.6 Å². The summed E-state index contributed by atoms with van der Waals surface area (Å²) in [6, 6.07) is 4.57. The highest BCUT2D eigenvalue weighted by Crippen LogP contribution is 2.20. The molecule has 0 atom stereocenters. The van der Waals surface area contributed by atoms with Crippen molar-refractivity contribution in [1.29, 1.82) is 0 Å². The smallest absolute Gasteiger partial charge is 0.315 e. The summed E-state index contributed by atoms with van der Waals surface area (Å²) in [7, 11) is 0. The monoisotopic (exact) mass is 283 g/mol. The summed E-state index contributed by atoms with van der Waals surface area (Å²) < 4.78 is 14.0. The topological polar surface area (TPSA) is 64.6 Å². The molecule has 0 fully saturated rings. The first kappa shape index (κ1) is 16.2. The van der Waals surface area contributed by atoms with Gasteiger partial charge in [0.25, 0.3) is 0 Å². The highest BCUT2D eigenvalue weighted by Gasteiger charge is 2.09. The van der Waals surface area contributed by atoms with E-state index in [1.807, 2.05) is 18.7 Å². The van der Waals surface area contributed by atoms with Gasteiger partial charge < -0.3 is 20.6 Å². The maximum atomic E-state index is 14.0. The third kappa shape index (κ3) is 4.70. The Morgan fingerprint density at radius 1 is 1.30 bits per heavy atom. The van der Waals surface area contributed by atoms with Crippen molar-refractivity contribution in [2.45, 2.75) is 20.4 Å². The van der Waals surface area contributed by atoms with Gasteiger partial charge in [-0.05, 0) is 31.5 Å². The Hall–Kier alpha value is -1.82. The van der Waals surface area contributed by atoms with Crippen LogP contribution in [0.1, 0.15) is 19.4 Å². The maximum absolute atomic E-state index is 14.0. The van der Waals surface area contributed by atoms with E-state index in [0.717, 1.165) is 13.1 Å². The van der Waals surface area contributed by atoms with Crippen LogP contribution in [-0.2, 0) is 6.54 Å². The molecule has 5 nitrogen and oxygen atoms in total. The summed E-state index contributed by atoms with van der Waals surface area (Å²) in [5.74, 6) is -0.288. The fraction of sp³-hybridized carbons (Fsp3) is 0.500. The Labute approximate surface area is 118 Å². The van der Waals surface area contributed by atoms with E-state index in [9.17, 15) is 9.18 Å². The summed E-state index contributed by atoms with van der Waals surface area (Å²) >= 11 is 0. The normalized spacial score (nSPS) is 10.2. The lowest BCUT2D eigenvalue weighted by atomic mass is 10.2. The number of hydrogen-bond acceptors (Lipinski definition) is 3. The van der Waals surface area contributed by atoms with Crippen molar-refractivity contribution in [2.24, 2.45) is 0 Å². The molecular formula is C14H22FN3O2. The predicted molar refractivity (Wildman–Crippen MR) is 77.3 cm³/mol. The molecule has 0 bridgehead atoms. The third-order valence-electron chi connectivity index (χ3n) is 2.97. The molecule has 1 aromatic carbocycles. The second kappa shape index (κ2) is 8.37. The van der Waals surface area contributed by atoms with Crippen LogP contribution in [0.4, 0.5) is 14.9 Å². The number of amides is 2. The van der Waals surface area contributed by atoms with Crippen molar-refractivity contribution in [3.8, 4) is 0 Å². The van der Waals surface area contributed by atoms with E-state index < -0.39 is 0 Å². The van der Waals surface area contributed by atoms with Gasteiger partial charge in [0.05, 0.1) is 12.3 Å². The molecule has 6 heteroatoms. The summed E-state index contributed by atoms with van der Waals surface area (Å²) in [6.45, 7) is 5.77. The molecule has 0 saturated heterocycles. The van der Waals surface area contributed by atoms with Gasteiger partial charge in [-0.2, -0.15) is 0 Å². The molecule has 0 radical (unpaired) electrons. The van der Waals surface area contributed by atoms with Gasteiger partial charge in [-0.25, -0.2) is 9.18 Å². The Bertz CT molecular complexity index is 436. The Kier molecular flexibility index (Phi) is 6.79. The Morgan fingerprint density at radius 2 is 2.00 bits per heavy atom. The quantitative estimate of drug-likeness (QED) is 0.710. The van der Waals surface area contributed by atoms with Crippen LogP contribution in [0.15, 0.2) is 18.2 Å². The average Bonchev–Trinajstić information content (AvgIpc) is 2.46. The van der Waals surface area contributed by atoms with E-state index in [-0.39, 0.29) is 31.5 Å². The van der Waals surface area contributed by atoms with Crippen LogP contribution in [0.3, 0.4) is 0 Å². The molecule has 2 amide bonds. The number of carbonyl (C=O) groups excluding carboxylic acids is 1. The van der Waals surface area contributed by atoms with Crippen molar-refractivity contribution >= 4 is 11.7 Å². The van der Waals surface area contributed by atoms with Gasteiger partial charge in [0.1, 0.15) is 5.82 Å². The second-order valence-electron chi connectivity index (χ2n) is 4.29. The van der Waals surface area contributed by atoms with Crippen molar-refractivity contribution in [2.75, 3.05) is 31.1 Å². The molecule has 0 spiro atoms. The highest BCUT2D eigenvalue weighted by atomic mass is 19.1. The van der Waals surface area contributed by atoms with E-state index in [0.29, 0.717) is 11.3 Å². The molecule has 1 aromatic rings. The lowest BCUT2D eigenvalue weighted by Gasteiger charge is -2.22. The van der Waals surface area contributed by atoms with E-state index in [1.165, 1.54) is 6.07 Å². The molecule has 0 heterocycles. The number of carbonyl (C=O) groups is 1. The number of aliphatic hydroxyl groups excluding tert-OH is 1. The molecule has 1 rings (SSSR count). The molecule has 0 unspecified atom stereocenters. The minimum Gasteiger partial charge on any atom is -0.395 e. The number of nitrogens with zero attached hydrogens (tertiary/aromatic N) is 1. The molecule has 3 N–H and O–H groups in total. The molecule has 20 heavy (non-hydrogen) atoms. The van der Waals surface area contributed by atoms with Gasteiger partial charge in [0.15, 0.2) is 0 Å². The number of benzene rings is 1. The van der Waals surface area contributed by atoms with Crippen molar-refractivity contribution in [3.05, 3.63) is 29.6 Å². The average molecular weight is 283 g/mol. The lowest BCUT2D eigenvalue weighted by Crippen LogP contribution is -2.36. The van der Waals surface area contributed by atoms with E-state index in [4.69, 9.17) is 5.11 Å². The molecule has 0 aliphatic rings. The second-order valence-corrected chi connectivity index (χ2v) is 4.29. The van der Waals surface area contributed by atoms with Crippen LogP contribution in [0, 0.1) is 5.82 Å². The number of nitrogens with one attached hydrogen (secondary N) is 2. The van der Waals surface area contributed by atoms with Crippen molar-refractivity contribution < 1.29 is 14.3 Å². The number of aliphatic hydroxyl groups is 1. The minimum absolute atomic E-state index is 0.111. The van der Waals surface area contributed by atoms with Crippen LogP contribution >= 0.6 is 0 Å². The van der Waals surface area contributed by atoms with Gasteiger partial charge in [0, 0.05) is 26.2 Å². The highest BCUT2D eigenvalue weighted by molar-refractivity contribution is 5.73. The van der Waals surface area contributed by atoms with Gasteiger partial charge in [-0.15, -0.1) is 0 Å². The van der Waals surface area contributed by atoms with Gasteiger partial charge in [-0.3, -0.25) is 0 Å². The zero-order chi connectivity index (χ0) is 15.0. The number of halogens is 1. The van der Waals surface area contributed by atoms with Gasteiger partial charge in [-0.1, -0.05) is 6.07 Å². The molecule has 0 aliphatic heterocycles. The fourth-order valence-corrected chi connectivity index (χ4v) is 1.90. The molecule has 0 saturated carbocycles. The van der Waals surface area contributed by atoms with Crippen molar-refractivity contribution in [3.63, 3.8) is 0 Å². The molecular weight excluding hydrogens is 261 g/mol. The maximum Gasteiger partial charge on any atom is 0.315 e. The molecule has 0 aliphatic carbocycles. The first-order valence-electron chi connectivity index (χ1n) is 6.78. The number of hydrogen-bond donors (Lipinski definition) is 3. The Morgan fingerprint density at radius 3 is 2.55 bits per heavy atom. The largest absolute Gasteiger partial charge is 0.395 e. The third-order valence-corrected chi connectivity index (χ3v) is 2.97. The van der Waals surface area contributed by atoms with Crippen LogP contribution in [0.25, 0.3) is 0 Å². The van der Waals surface area contributed by atoms with Crippen LogP contribution in [0.2, 0.25) is 0 Å². The van der Waals surface area contributed by atoms with E-state index >= 15 is 0 Å². The zero-order valence-electron chi connectivity index (χ0n) is 11.9. The number of anilines is 1. The molecule has 0 aromatic heterocycles. The zero-order valence-corrected chi connectivity index (χ0v) is 11.9. The summed E-state index contributed by atoms with van der Waals surface area (Å²) in [5, 5.41) is 13.6. The summed E-state index contributed by atoms with van der Waals surface area (Å²) in [6.07, 6.45) is 0. The van der Waals surface area contributed by atoms with Crippen LogP contribution in [0.5, 0.6) is 0 Å². The lowest BCUT2D eigenvalue weighted by molar-refractivity contribution is 0.234.